The molecule has 17 heavy (non-hydrogen) atoms. The molecule has 2 unspecified atom stereocenters. The van der Waals surface area contributed by atoms with Crippen molar-refractivity contribution in [3.8, 4) is 5.75 Å². The molecule has 1 aromatic carbocycles. The van der Waals surface area contributed by atoms with E-state index in [4.69, 9.17) is 4.74 Å². The smallest absolute Gasteiger partial charge is 0.134 e. The van der Waals surface area contributed by atoms with E-state index in [1.54, 1.807) is 0 Å². The number of hydrogen-bond acceptors (Lipinski definition) is 1. The van der Waals surface area contributed by atoms with Crippen LogP contribution in [0.15, 0.2) is 12.1 Å². The molecule has 2 rings (SSSR count). The van der Waals surface area contributed by atoms with Crippen molar-refractivity contribution in [2.24, 2.45) is 11.3 Å². The van der Waals surface area contributed by atoms with Crippen LogP contribution in [0, 0.1) is 23.0 Å². The highest BCUT2D eigenvalue weighted by Crippen LogP contribution is 2.61. The van der Waals surface area contributed by atoms with Gasteiger partial charge in [0.2, 0.25) is 0 Å². The van der Waals surface area contributed by atoms with Gasteiger partial charge in [0, 0.05) is 22.5 Å². The van der Waals surface area contributed by atoms with Crippen molar-refractivity contribution >= 4 is 15.9 Å². The van der Waals surface area contributed by atoms with Gasteiger partial charge in [-0.15, -0.1) is 0 Å². The Kier molecular flexibility index (Phi) is 3.19. The maximum absolute atomic E-state index is 13.8. The van der Waals surface area contributed by atoms with Crippen LogP contribution < -0.4 is 4.74 Å². The zero-order chi connectivity index (χ0) is 12.8. The summed E-state index contributed by atoms with van der Waals surface area (Å²) in [5, 5.41) is 0. The van der Waals surface area contributed by atoms with Crippen LogP contribution in [0.25, 0.3) is 0 Å². The minimum atomic E-state index is -0.550. The molecule has 1 aromatic rings. The summed E-state index contributed by atoms with van der Waals surface area (Å²) in [5.74, 6) is -0.615. The van der Waals surface area contributed by atoms with E-state index in [0.29, 0.717) is 0 Å². The lowest BCUT2D eigenvalue weighted by atomic mass is 10.0. The highest BCUT2D eigenvalue weighted by atomic mass is 79.9. The van der Waals surface area contributed by atoms with Crippen LogP contribution >= 0.6 is 15.9 Å². The van der Waals surface area contributed by atoms with Gasteiger partial charge in [-0.25, -0.2) is 8.78 Å². The molecule has 1 aliphatic rings. The van der Waals surface area contributed by atoms with Crippen LogP contribution in [0.3, 0.4) is 0 Å². The molecule has 0 aliphatic heterocycles. The average molecular weight is 305 g/mol. The third-order valence-electron chi connectivity index (χ3n) is 3.51. The van der Waals surface area contributed by atoms with E-state index in [1.807, 2.05) is 0 Å². The molecule has 2 atom stereocenters. The molecule has 4 heteroatoms. The van der Waals surface area contributed by atoms with Crippen LogP contribution in [0.4, 0.5) is 8.78 Å². The van der Waals surface area contributed by atoms with E-state index >= 15 is 0 Å². The molecule has 0 saturated heterocycles. The third-order valence-corrected chi connectivity index (χ3v) is 4.60. The quantitative estimate of drug-likeness (QED) is 0.749. The first kappa shape index (κ1) is 12.8. The van der Waals surface area contributed by atoms with Gasteiger partial charge >= 0.3 is 0 Å². The molecule has 1 fully saturated rings. The van der Waals surface area contributed by atoms with Crippen LogP contribution in [-0.2, 0) is 0 Å². The average Bonchev–Trinajstić information content (AvgIpc) is 2.86. The van der Waals surface area contributed by atoms with E-state index in [2.05, 4.69) is 29.8 Å². The lowest BCUT2D eigenvalue weighted by molar-refractivity contribution is 0.404. The molecule has 1 nitrogen and oxygen atoms in total. The van der Waals surface area contributed by atoms with E-state index in [-0.39, 0.29) is 27.5 Å². The molecule has 0 heterocycles. The molecular formula is C13H15BrF2O. The van der Waals surface area contributed by atoms with Gasteiger partial charge in [-0.1, -0.05) is 29.8 Å². The molecule has 0 N–H and O–H groups in total. The van der Waals surface area contributed by atoms with Gasteiger partial charge in [-0.2, -0.15) is 0 Å². The minimum absolute atomic E-state index is 0.112. The first-order valence-corrected chi connectivity index (χ1v) is 6.45. The zero-order valence-corrected chi connectivity index (χ0v) is 11.6. The number of hydrogen-bond donors (Lipinski definition) is 0. The van der Waals surface area contributed by atoms with Gasteiger partial charge in [0.25, 0.3) is 0 Å². The summed E-state index contributed by atoms with van der Waals surface area (Å²) in [4.78, 5) is -0.275. The second kappa shape index (κ2) is 4.23. The second-order valence-electron chi connectivity index (χ2n) is 5.21. The molecule has 0 radical (unpaired) electrons. The van der Waals surface area contributed by atoms with Crippen molar-refractivity contribution in [1.82, 2.24) is 0 Å². The Morgan fingerprint density at radius 1 is 1.35 bits per heavy atom. The van der Waals surface area contributed by atoms with Crippen molar-refractivity contribution in [3.63, 3.8) is 0 Å². The Hall–Kier alpha value is -0.640. The van der Waals surface area contributed by atoms with E-state index in [9.17, 15) is 8.78 Å². The molecule has 0 spiro atoms. The third kappa shape index (κ3) is 2.32. The predicted octanol–water partition coefficient (Wildman–Crippen LogP) is 4.46. The summed E-state index contributed by atoms with van der Waals surface area (Å²) in [6, 6.07) is 2.45. The summed E-state index contributed by atoms with van der Waals surface area (Å²) in [6.07, 6.45) is 0.980. The van der Waals surface area contributed by atoms with Crippen molar-refractivity contribution in [3.05, 3.63) is 29.3 Å². The molecular weight excluding hydrogens is 290 g/mol. The molecule has 94 valence electrons. The van der Waals surface area contributed by atoms with E-state index in [0.717, 1.165) is 6.42 Å². The number of alkyl halides is 1. The van der Waals surface area contributed by atoms with Crippen molar-refractivity contribution in [1.29, 1.82) is 0 Å². The van der Waals surface area contributed by atoms with Crippen molar-refractivity contribution < 1.29 is 13.5 Å². The second-order valence-corrected chi connectivity index (χ2v) is 6.19. The van der Waals surface area contributed by atoms with Gasteiger partial charge < -0.3 is 4.74 Å². The SMILES string of the molecule is COc1cc(F)c(C(Br)C2CC2(C)C)c(F)c1. The number of methoxy groups -OCH3 is 1. The normalized spacial score (nSPS) is 23.3. The Balaban J connectivity index is 2.33. The van der Waals surface area contributed by atoms with Crippen LogP contribution in [0.1, 0.15) is 30.7 Å². The maximum atomic E-state index is 13.8. The lowest BCUT2D eigenvalue weighted by Crippen LogP contribution is -2.05. The Morgan fingerprint density at radius 3 is 2.18 bits per heavy atom. The van der Waals surface area contributed by atoms with Gasteiger partial charge in [-0.05, 0) is 17.8 Å². The number of benzene rings is 1. The monoisotopic (exact) mass is 304 g/mol. The van der Waals surface area contributed by atoms with Gasteiger partial charge in [0.05, 0.1) is 7.11 Å². The molecule has 0 aromatic heterocycles. The number of halogens is 3. The molecule has 0 bridgehead atoms. The van der Waals surface area contributed by atoms with Gasteiger partial charge in [-0.3, -0.25) is 0 Å². The Bertz CT molecular complexity index is 422. The van der Waals surface area contributed by atoms with E-state index < -0.39 is 11.6 Å². The van der Waals surface area contributed by atoms with Crippen LogP contribution in [0.2, 0.25) is 0 Å². The number of rotatable bonds is 3. The molecule has 1 saturated carbocycles. The topological polar surface area (TPSA) is 9.23 Å². The van der Waals surface area contributed by atoms with Gasteiger partial charge in [0.15, 0.2) is 0 Å². The highest BCUT2D eigenvalue weighted by Gasteiger charge is 2.50. The number of ether oxygens (including phenoxy) is 1. The maximum Gasteiger partial charge on any atom is 0.134 e. The van der Waals surface area contributed by atoms with Crippen LogP contribution in [0.5, 0.6) is 5.75 Å². The first-order valence-electron chi connectivity index (χ1n) is 5.54. The summed E-state index contributed by atoms with van der Waals surface area (Å²) < 4.78 is 32.5. The minimum Gasteiger partial charge on any atom is -0.497 e. The fourth-order valence-electron chi connectivity index (χ4n) is 2.15. The summed E-state index contributed by atoms with van der Waals surface area (Å²) in [6.45, 7) is 4.20. The fourth-order valence-corrected chi connectivity index (χ4v) is 3.49. The lowest BCUT2D eigenvalue weighted by Gasteiger charge is -2.15. The zero-order valence-electron chi connectivity index (χ0n) is 10.1. The van der Waals surface area contributed by atoms with Crippen molar-refractivity contribution in [2.75, 3.05) is 7.11 Å². The molecule has 0 amide bonds. The van der Waals surface area contributed by atoms with Crippen LogP contribution in [-0.4, -0.2) is 7.11 Å². The summed E-state index contributed by atoms with van der Waals surface area (Å²) in [7, 11) is 1.39. The Labute approximate surface area is 108 Å². The highest BCUT2D eigenvalue weighted by molar-refractivity contribution is 9.09. The Morgan fingerprint density at radius 2 is 1.82 bits per heavy atom. The van der Waals surface area contributed by atoms with E-state index in [1.165, 1.54) is 19.2 Å². The largest absolute Gasteiger partial charge is 0.497 e. The first-order chi connectivity index (χ1) is 7.86. The predicted molar refractivity (Wildman–Crippen MR) is 66.5 cm³/mol. The summed E-state index contributed by atoms with van der Waals surface area (Å²) in [5.41, 5.74) is 0.272. The van der Waals surface area contributed by atoms with Gasteiger partial charge in [0.1, 0.15) is 17.4 Å². The van der Waals surface area contributed by atoms with Crippen molar-refractivity contribution in [2.45, 2.75) is 25.1 Å². The fraction of sp³-hybridized carbons (Fsp3) is 0.538. The standard InChI is InChI=1S/C13H15BrF2O/c1-13(2)6-8(13)12(14)11-9(15)4-7(17-3)5-10(11)16/h4-5,8,12H,6H2,1-3H3. The molecule has 1 aliphatic carbocycles. The summed E-state index contributed by atoms with van der Waals surface area (Å²) >= 11 is 3.42.